The van der Waals surface area contributed by atoms with Crippen molar-refractivity contribution in [3.63, 3.8) is 0 Å². The van der Waals surface area contributed by atoms with Gasteiger partial charge in [-0.25, -0.2) is 9.18 Å². The van der Waals surface area contributed by atoms with Crippen molar-refractivity contribution in [2.75, 3.05) is 39.3 Å². The number of amides is 3. The summed E-state index contributed by atoms with van der Waals surface area (Å²) in [6.45, 7) is 2.63. The van der Waals surface area contributed by atoms with Gasteiger partial charge in [-0.2, -0.15) is 0 Å². The van der Waals surface area contributed by atoms with Crippen LogP contribution in [0, 0.1) is 5.82 Å². The number of benzene rings is 1. The average molecular weight is 330 g/mol. The van der Waals surface area contributed by atoms with Crippen LogP contribution in [0.5, 0.6) is 5.75 Å². The van der Waals surface area contributed by atoms with E-state index in [1.165, 1.54) is 18.2 Å². The molecular formula is C14H17ClFN3O3. The first-order valence-electron chi connectivity index (χ1n) is 6.90. The van der Waals surface area contributed by atoms with Crippen LogP contribution in [-0.2, 0) is 4.79 Å². The number of hydrogen-bond acceptors (Lipinski definition) is 3. The number of carbonyl (C=O) groups is 2. The summed E-state index contributed by atoms with van der Waals surface area (Å²) >= 11 is 5.83. The standard InChI is InChI=1S/C14H17ClFN3O3/c15-12-9-11(16)1-2-13(12)22-8-3-17-14(21)19-6-4-18(10-20)5-7-19/h1-2,9-10H,3-8H2,(H,17,21). The molecule has 1 saturated heterocycles. The van der Waals surface area contributed by atoms with Gasteiger partial charge in [-0.05, 0) is 18.2 Å². The van der Waals surface area contributed by atoms with Crippen LogP contribution in [0.1, 0.15) is 0 Å². The lowest BCUT2D eigenvalue weighted by Gasteiger charge is -2.32. The molecule has 0 spiro atoms. The second kappa shape index (κ2) is 7.84. The Morgan fingerprint density at radius 3 is 2.73 bits per heavy atom. The molecule has 1 N–H and O–H groups in total. The highest BCUT2D eigenvalue weighted by Gasteiger charge is 2.19. The third-order valence-electron chi connectivity index (χ3n) is 3.28. The summed E-state index contributed by atoms with van der Waals surface area (Å²) in [4.78, 5) is 25.8. The Kier molecular flexibility index (Phi) is 5.83. The summed E-state index contributed by atoms with van der Waals surface area (Å²) in [5.74, 6) is -0.0583. The molecule has 0 aliphatic carbocycles. The van der Waals surface area contributed by atoms with Crippen LogP contribution in [-0.4, -0.2) is 61.6 Å². The summed E-state index contributed by atoms with van der Waals surface area (Å²) in [6.07, 6.45) is 0.787. The molecule has 1 aliphatic rings. The molecule has 0 unspecified atom stereocenters. The fraction of sp³-hybridized carbons (Fsp3) is 0.429. The molecule has 0 aromatic heterocycles. The van der Waals surface area contributed by atoms with Crippen molar-refractivity contribution in [1.29, 1.82) is 0 Å². The van der Waals surface area contributed by atoms with Crippen molar-refractivity contribution in [2.24, 2.45) is 0 Å². The summed E-state index contributed by atoms with van der Waals surface area (Å²) in [6, 6.07) is 3.67. The average Bonchev–Trinajstić information content (AvgIpc) is 2.53. The number of carbonyl (C=O) groups excluding carboxylic acids is 2. The Morgan fingerprint density at radius 1 is 1.36 bits per heavy atom. The van der Waals surface area contributed by atoms with Crippen molar-refractivity contribution in [2.45, 2.75) is 0 Å². The van der Waals surface area contributed by atoms with Gasteiger partial charge in [-0.15, -0.1) is 0 Å². The second-order valence-electron chi connectivity index (χ2n) is 4.78. The fourth-order valence-electron chi connectivity index (χ4n) is 2.05. The number of nitrogens with one attached hydrogen (secondary N) is 1. The first kappa shape index (κ1) is 16.4. The lowest BCUT2D eigenvalue weighted by molar-refractivity contribution is -0.119. The maximum Gasteiger partial charge on any atom is 0.317 e. The molecule has 1 aromatic rings. The number of urea groups is 1. The molecule has 1 heterocycles. The molecule has 3 amide bonds. The minimum Gasteiger partial charge on any atom is -0.490 e. The van der Waals surface area contributed by atoms with Crippen molar-refractivity contribution in [3.05, 3.63) is 29.0 Å². The molecule has 0 bridgehead atoms. The Labute approximate surface area is 132 Å². The number of nitrogens with zero attached hydrogens (tertiary/aromatic N) is 2. The van der Waals surface area contributed by atoms with Gasteiger partial charge in [-0.3, -0.25) is 4.79 Å². The largest absolute Gasteiger partial charge is 0.490 e. The zero-order valence-electron chi connectivity index (χ0n) is 11.9. The minimum atomic E-state index is -0.430. The number of hydrogen-bond donors (Lipinski definition) is 1. The van der Waals surface area contributed by atoms with Gasteiger partial charge in [0.15, 0.2) is 0 Å². The molecule has 8 heteroatoms. The smallest absolute Gasteiger partial charge is 0.317 e. The van der Waals surface area contributed by atoms with Gasteiger partial charge in [0, 0.05) is 26.2 Å². The number of rotatable bonds is 5. The first-order chi connectivity index (χ1) is 10.6. The van der Waals surface area contributed by atoms with E-state index in [1.807, 2.05) is 0 Å². The zero-order chi connectivity index (χ0) is 15.9. The first-order valence-corrected chi connectivity index (χ1v) is 7.28. The van der Waals surface area contributed by atoms with Crippen LogP contribution in [0.3, 0.4) is 0 Å². The summed E-state index contributed by atoms with van der Waals surface area (Å²) in [5, 5.41) is 2.92. The maximum atomic E-state index is 12.9. The van der Waals surface area contributed by atoms with Crippen molar-refractivity contribution in [1.82, 2.24) is 15.1 Å². The van der Waals surface area contributed by atoms with E-state index in [0.29, 0.717) is 38.5 Å². The van der Waals surface area contributed by atoms with Gasteiger partial charge < -0.3 is 19.9 Å². The Hall–Kier alpha value is -2.02. The highest BCUT2D eigenvalue weighted by atomic mass is 35.5. The van der Waals surface area contributed by atoms with E-state index in [-0.39, 0.29) is 17.7 Å². The molecule has 1 aliphatic heterocycles. The molecule has 6 nitrogen and oxygen atoms in total. The van der Waals surface area contributed by atoms with Gasteiger partial charge in [0.2, 0.25) is 6.41 Å². The van der Waals surface area contributed by atoms with Crippen LogP contribution < -0.4 is 10.1 Å². The van der Waals surface area contributed by atoms with Crippen LogP contribution in [0.25, 0.3) is 0 Å². The Balaban J connectivity index is 1.68. The second-order valence-corrected chi connectivity index (χ2v) is 5.19. The normalized spacial score (nSPS) is 14.6. The van der Waals surface area contributed by atoms with E-state index in [1.54, 1.807) is 9.80 Å². The lowest BCUT2D eigenvalue weighted by atomic mass is 10.3. The van der Waals surface area contributed by atoms with Crippen LogP contribution in [0.2, 0.25) is 5.02 Å². The topological polar surface area (TPSA) is 61.9 Å². The number of halogens is 2. The SMILES string of the molecule is O=CN1CCN(C(=O)NCCOc2ccc(F)cc2Cl)CC1. The molecule has 0 atom stereocenters. The van der Waals surface area contributed by atoms with Gasteiger partial charge in [0.05, 0.1) is 11.6 Å². The highest BCUT2D eigenvalue weighted by Crippen LogP contribution is 2.24. The van der Waals surface area contributed by atoms with Gasteiger partial charge in [0.1, 0.15) is 18.2 Å². The predicted octanol–water partition coefficient (Wildman–Crippen LogP) is 1.34. The van der Waals surface area contributed by atoms with Crippen LogP contribution in [0.15, 0.2) is 18.2 Å². The lowest BCUT2D eigenvalue weighted by Crippen LogP contribution is -2.51. The maximum absolute atomic E-state index is 12.9. The zero-order valence-corrected chi connectivity index (χ0v) is 12.7. The molecule has 2 rings (SSSR count). The fourth-order valence-corrected chi connectivity index (χ4v) is 2.28. The molecule has 1 aromatic carbocycles. The third kappa shape index (κ3) is 4.49. The van der Waals surface area contributed by atoms with Crippen molar-refractivity contribution in [3.8, 4) is 5.75 Å². The monoisotopic (exact) mass is 329 g/mol. The Morgan fingerprint density at radius 2 is 2.09 bits per heavy atom. The molecule has 22 heavy (non-hydrogen) atoms. The third-order valence-corrected chi connectivity index (χ3v) is 3.58. The van der Waals surface area contributed by atoms with Crippen molar-refractivity contribution < 1.29 is 18.7 Å². The van der Waals surface area contributed by atoms with Gasteiger partial charge in [0.25, 0.3) is 0 Å². The van der Waals surface area contributed by atoms with Gasteiger partial charge >= 0.3 is 6.03 Å². The van der Waals surface area contributed by atoms with Crippen molar-refractivity contribution >= 4 is 24.0 Å². The molecule has 1 fully saturated rings. The predicted molar refractivity (Wildman–Crippen MR) is 79.5 cm³/mol. The van der Waals surface area contributed by atoms with E-state index < -0.39 is 5.82 Å². The van der Waals surface area contributed by atoms with E-state index in [0.717, 1.165) is 6.41 Å². The molecule has 0 saturated carbocycles. The minimum absolute atomic E-state index is 0.191. The van der Waals surface area contributed by atoms with Crippen LogP contribution >= 0.6 is 11.6 Å². The van der Waals surface area contributed by atoms with E-state index >= 15 is 0 Å². The van der Waals surface area contributed by atoms with Gasteiger partial charge in [-0.1, -0.05) is 11.6 Å². The summed E-state index contributed by atoms with van der Waals surface area (Å²) < 4.78 is 18.3. The van der Waals surface area contributed by atoms with Crippen LogP contribution in [0.4, 0.5) is 9.18 Å². The molecule has 0 radical (unpaired) electrons. The number of ether oxygens (including phenoxy) is 1. The van der Waals surface area contributed by atoms with E-state index in [2.05, 4.69) is 5.32 Å². The quantitative estimate of drug-likeness (QED) is 0.655. The summed E-state index contributed by atoms with van der Waals surface area (Å²) in [7, 11) is 0. The van der Waals surface area contributed by atoms with E-state index in [9.17, 15) is 14.0 Å². The Bertz CT molecular complexity index is 536. The highest BCUT2D eigenvalue weighted by molar-refractivity contribution is 6.32. The molecule has 120 valence electrons. The van der Waals surface area contributed by atoms with E-state index in [4.69, 9.17) is 16.3 Å². The summed E-state index contributed by atoms with van der Waals surface area (Å²) in [5.41, 5.74) is 0. The number of piperazine rings is 1. The molecular weight excluding hydrogens is 313 g/mol.